The van der Waals surface area contributed by atoms with Crippen molar-refractivity contribution in [1.29, 1.82) is 5.41 Å². The number of hydrogen-bond acceptors (Lipinski definition) is 3. The first-order valence-electron chi connectivity index (χ1n) is 4.85. The summed E-state index contributed by atoms with van der Waals surface area (Å²) in [5.41, 5.74) is 5.19. The van der Waals surface area contributed by atoms with Crippen molar-refractivity contribution in [3.8, 4) is 0 Å². The molecule has 0 amide bonds. The topological polar surface area (TPSA) is 70.1 Å². The van der Waals surface area contributed by atoms with Gasteiger partial charge in [0.25, 0.3) is 0 Å². The fourth-order valence-electron chi connectivity index (χ4n) is 1.10. The summed E-state index contributed by atoms with van der Waals surface area (Å²) in [5, 5.41) is 15.7. The smallest absolute Gasteiger partial charge is 0.151 e. The minimum Gasteiger partial charge on any atom is -0.396 e. The third-order valence-corrected chi connectivity index (χ3v) is 2.61. The van der Waals surface area contributed by atoms with Crippen LogP contribution >= 0.6 is 11.8 Å². The van der Waals surface area contributed by atoms with Crippen LogP contribution in [0.2, 0.25) is 0 Å². The molecule has 0 heterocycles. The van der Waals surface area contributed by atoms with Gasteiger partial charge in [-0.15, -0.1) is 0 Å². The molecule has 0 spiro atoms. The van der Waals surface area contributed by atoms with E-state index in [1.54, 1.807) is 0 Å². The zero-order chi connectivity index (χ0) is 9.94. The maximum Gasteiger partial charge on any atom is 0.151 e. The highest BCUT2D eigenvalue weighted by Gasteiger charge is 1.92. The van der Waals surface area contributed by atoms with E-state index in [2.05, 4.69) is 0 Å². The molecule has 0 unspecified atom stereocenters. The van der Waals surface area contributed by atoms with Gasteiger partial charge in [0.05, 0.1) is 0 Å². The molecule has 0 aliphatic rings. The maximum absolute atomic E-state index is 8.53. The van der Waals surface area contributed by atoms with Gasteiger partial charge in [0.15, 0.2) is 5.17 Å². The maximum atomic E-state index is 8.53. The lowest BCUT2D eigenvalue weighted by Crippen LogP contribution is -2.04. The summed E-state index contributed by atoms with van der Waals surface area (Å²) in [6, 6.07) is 0. The Morgan fingerprint density at radius 2 is 1.62 bits per heavy atom. The van der Waals surface area contributed by atoms with E-state index in [4.69, 9.17) is 16.2 Å². The molecule has 0 atom stereocenters. The van der Waals surface area contributed by atoms with Crippen LogP contribution < -0.4 is 5.73 Å². The molecular formula is C9H20N2OS. The molecular weight excluding hydrogens is 184 g/mol. The number of nitrogens with one attached hydrogen (secondary N) is 1. The highest BCUT2D eigenvalue weighted by molar-refractivity contribution is 8.13. The van der Waals surface area contributed by atoms with Gasteiger partial charge in [-0.25, -0.2) is 0 Å². The summed E-state index contributed by atoms with van der Waals surface area (Å²) in [6.45, 7) is 0.320. The molecule has 0 aliphatic carbocycles. The molecule has 0 aromatic heterocycles. The molecule has 4 heteroatoms. The zero-order valence-electron chi connectivity index (χ0n) is 8.09. The number of thioether (sulfide) groups is 1. The molecule has 0 aliphatic heterocycles. The molecule has 3 nitrogen and oxygen atoms in total. The SMILES string of the molecule is N=C(N)SCCCCCCCCO. The van der Waals surface area contributed by atoms with Gasteiger partial charge in [0.1, 0.15) is 0 Å². The Hall–Kier alpha value is -0.220. The quantitative estimate of drug-likeness (QED) is 0.321. The number of unbranched alkanes of at least 4 members (excludes halogenated alkanes) is 5. The van der Waals surface area contributed by atoms with Gasteiger partial charge in [-0.2, -0.15) is 0 Å². The highest BCUT2D eigenvalue weighted by atomic mass is 32.2. The summed E-state index contributed by atoms with van der Waals surface area (Å²) in [4.78, 5) is 0. The summed E-state index contributed by atoms with van der Waals surface area (Å²) < 4.78 is 0. The molecule has 0 rings (SSSR count). The average molecular weight is 204 g/mol. The lowest BCUT2D eigenvalue weighted by Gasteiger charge is -2.00. The molecule has 78 valence electrons. The molecule has 0 radical (unpaired) electrons. The van der Waals surface area contributed by atoms with Crippen molar-refractivity contribution in [1.82, 2.24) is 0 Å². The summed E-state index contributed by atoms with van der Waals surface area (Å²) in [7, 11) is 0. The van der Waals surface area contributed by atoms with Crippen molar-refractivity contribution < 1.29 is 5.11 Å². The number of hydrogen-bond donors (Lipinski definition) is 3. The van der Waals surface area contributed by atoms with E-state index >= 15 is 0 Å². The minimum absolute atomic E-state index is 0.222. The first kappa shape index (κ1) is 12.8. The predicted molar refractivity (Wildman–Crippen MR) is 59.2 cm³/mol. The summed E-state index contributed by atoms with van der Waals surface area (Å²) >= 11 is 1.42. The Kier molecular flexibility index (Phi) is 9.70. The lowest BCUT2D eigenvalue weighted by molar-refractivity contribution is 0.282. The van der Waals surface area contributed by atoms with Gasteiger partial charge in [-0.05, 0) is 12.8 Å². The van der Waals surface area contributed by atoms with E-state index in [0.717, 1.165) is 25.0 Å². The number of nitrogens with two attached hydrogens (primary N) is 1. The van der Waals surface area contributed by atoms with E-state index in [1.807, 2.05) is 0 Å². The molecule has 4 N–H and O–H groups in total. The fraction of sp³-hybridized carbons (Fsp3) is 0.889. The van der Waals surface area contributed by atoms with Crippen LogP contribution in [0.1, 0.15) is 38.5 Å². The molecule has 0 aromatic carbocycles. The van der Waals surface area contributed by atoms with Crippen molar-refractivity contribution in [3.05, 3.63) is 0 Å². The third kappa shape index (κ3) is 11.8. The second kappa shape index (κ2) is 9.86. The first-order chi connectivity index (χ1) is 6.27. The summed E-state index contributed by atoms with van der Waals surface area (Å²) in [6.07, 6.45) is 6.87. The normalized spacial score (nSPS) is 10.2. The minimum atomic E-state index is 0.222. The van der Waals surface area contributed by atoms with Gasteiger partial charge >= 0.3 is 0 Å². The number of amidine groups is 1. The zero-order valence-corrected chi connectivity index (χ0v) is 8.91. The van der Waals surface area contributed by atoms with E-state index in [9.17, 15) is 0 Å². The Labute approximate surface area is 84.6 Å². The van der Waals surface area contributed by atoms with Gasteiger partial charge < -0.3 is 10.8 Å². The Morgan fingerprint density at radius 1 is 1.08 bits per heavy atom. The number of rotatable bonds is 8. The van der Waals surface area contributed by atoms with Gasteiger partial charge in [-0.1, -0.05) is 37.4 Å². The van der Waals surface area contributed by atoms with Crippen LogP contribution in [0.15, 0.2) is 0 Å². The van der Waals surface area contributed by atoms with Crippen LogP contribution in [-0.2, 0) is 0 Å². The van der Waals surface area contributed by atoms with Crippen LogP contribution in [-0.4, -0.2) is 22.6 Å². The third-order valence-electron chi connectivity index (χ3n) is 1.81. The van der Waals surface area contributed by atoms with Crippen molar-refractivity contribution in [2.24, 2.45) is 5.73 Å². The molecule has 0 bridgehead atoms. The van der Waals surface area contributed by atoms with Crippen LogP contribution in [0.5, 0.6) is 0 Å². The summed E-state index contributed by atoms with van der Waals surface area (Å²) in [5.74, 6) is 0.968. The predicted octanol–water partition coefficient (Wildman–Crippen LogP) is 1.95. The van der Waals surface area contributed by atoms with Crippen molar-refractivity contribution >= 4 is 16.9 Å². The van der Waals surface area contributed by atoms with E-state index in [1.165, 1.54) is 31.0 Å². The molecule has 0 fully saturated rings. The van der Waals surface area contributed by atoms with Gasteiger partial charge in [0, 0.05) is 12.4 Å². The van der Waals surface area contributed by atoms with Gasteiger partial charge in [0.2, 0.25) is 0 Å². The van der Waals surface area contributed by atoms with Crippen molar-refractivity contribution in [2.75, 3.05) is 12.4 Å². The molecule has 0 saturated heterocycles. The first-order valence-corrected chi connectivity index (χ1v) is 5.83. The van der Waals surface area contributed by atoms with Gasteiger partial charge in [-0.3, -0.25) is 5.41 Å². The number of aliphatic hydroxyl groups is 1. The van der Waals surface area contributed by atoms with Crippen LogP contribution in [0.4, 0.5) is 0 Å². The van der Waals surface area contributed by atoms with E-state index in [0.29, 0.717) is 6.61 Å². The fourth-order valence-corrected chi connectivity index (χ4v) is 1.67. The largest absolute Gasteiger partial charge is 0.396 e. The number of aliphatic hydroxyl groups excluding tert-OH is 1. The van der Waals surface area contributed by atoms with Crippen LogP contribution in [0.3, 0.4) is 0 Å². The molecule has 0 aromatic rings. The van der Waals surface area contributed by atoms with E-state index < -0.39 is 0 Å². The van der Waals surface area contributed by atoms with Crippen molar-refractivity contribution in [3.63, 3.8) is 0 Å². The second-order valence-corrected chi connectivity index (χ2v) is 4.19. The molecule has 0 saturated carbocycles. The second-order valence-electron chi connectivity index (χ2n) is 3.06. The van der Waals surface area contributed by atoms with E-state index in [-0.39, 0.29) is 5.17 Å². The average Bonchev–Trinajstić information content (AvgIpc) is 2.09. The Balaban J connectivity index is 2.87. The Bertz CT molecular complexity index is 131. The standard InChI is InChI=1S/C9H20N2OS/c10-9(11)13-8-6-4-2-1-3-5-7-12/h12H,1-8H2,(H3,10,11). The molecule has 13 heavy (non-hydrogen) atoms. The van der Waals surface area contributed by atoms with Crippen LogP contribution in [0.25, 0.3) is 0 Å². The van der Waals surface area contributed by atoms with Crippen molar-refractivity contribution in [2.45, 2.75) is 38.5 Å². The Morgan fingerprint density at radius 3 is 2.15 bits per heavy atom. The monoisotopic (exact) mass is 204 g/mol. The highest BCUT2D eigenvalue weighted by Crippen LogP contribution is 2.08. The lowest BCUT2D eigenvalue weighted by atomic mass is 10.1. The van der Waals surface area contributed by atoms with Crippen LogP contribution in [0, 0.1) is 5.41 Å².